The van der Waals surface area contributed by atoms with Gasteiger partial charge in [-0.2, -0.15) is 0 Å². The number of para-hydroxylation sites is 1. The first kappa shape index (κ1) is 14.6. The molecule has 0 aliphatic carbocycles. The van der Waals surface area contributed by atoms with Crippen LogP contribution in [0.15, 0.2) is 48.5 Å². The van der Waals surface area contributed by atoms with Crippen LogP contribution < -0.4 is 20.0 Å². The van der Waals surface area contributed by atoms with E-state index in [1.165, 1.54) is 0 Å². The van der Waals surface area contributed by atoms with Gasteiger partial charge in [-0.05, 0) is 30.3 Å². The average molecular weight is 329 g/mol. The maximum atomic E-state index is 14.2. The zero-order chi connectivity index (χ0) is 15.9. The third kappa shape index (κ3) is 2.23. The van der Waals surface area contributed by atoms with Crippen molar-refractivity contribution in [1.82, 2.24) is 4.67 Å². The molecule has 5 nitrogen and oxygen atoms in total. The van der Waals surface area contributed by atoms with Crippen molar-refractivity contribution in [3.8, 4) is 5.75 Å². The summed E-state index contributed by atoms with van der Waals surface area (Å²) in [6.45, 7) is 3.16. The van der Waals surface area contributed by atoms with Gasteiger partial charge in [-0.15, -0.1) is 0 Å². The summed E-state index contributed by atoms with van der Waals surface area (Å²) >= 11 is 0. The highest BCUT2D eigenvalue weighted by Gasteiger charge is 2.46. The first-order chi connectivity index (χ1) is 11.2. The summed E-state index contributed by atoms with van der Waals surface area (Å²) in [6.07, 6.45) is 0. The summed E-state index contributed by atoms with van der Waals surface area (Å²) in [6, 6.07) is 15.8. The molecule has 0 amide bonds. The second-order valence-corrected chi connectivity index (χ2v) is 8.38. The van der Waals surface area contributed by atoms with Crippen LogP contribution in [0.3, 0.4) is 0 Å². The molecule has 23 heavy (non-hydrogen) atoms. The SMILES string of the molecule is COc1ccc2c(c1)P1(=O)N(CCN2)CCN1c1ccccc1. The third-order valence-corrected chi connectivity index (χ3v) is 7.79. The number of anilines is 2. The van der Waals surface area contributed by atoms with Crippen LogP contribution in [0.2, 0.25) is 0 Å². The Bertz CT molecular complexity index is 766. The van der Waals surface area contributed by atoms with Crippen molar-refractivity contribution in [2.45, 2.75) is 0 Å². The molecule has 1 N–H and O–H groups in total. The van der Waals surface area contributed by atoms with E-state index in [2.05, 4.69) is 14.7 Å². The van der Waals surface area contributed by atoms with Crippen LogP contribution in [0.25, 0.3) is 0 Å². The van der Waals surface area contributed by atoms with Crippen molar-refractivity contribution in [3.63, 3.8) is 0 Å². The molecule has 6 heteroatoms. The Morgan fingerprint density at radius 3 is 2.70 bits per heavy atom. The van der Waals surface area contributed by atoms with E-state index in [0.717, 1.165) is 48.6 Å². The second-order valence-electron chi connectivity index (χ2n) is 5.77. The molecule has 2 aromatic rings. The van der Waals surface area contributed by atoms with Gasteiger partial charge in [-0.3, -0.25) is 4.57 Å². The van der Waals surface area contributed by atoms with Crippen molar-refractivity contribution in [2.75, 3.05) is 43.3 Å². The lowest BCUT2D eigenvalue weighted by Crippen LogP contribution is -2.27. The van der Waals surface area contributed by atoms with Crippen LogP contribution in [0.4, 0.5) is 11.4 Å². The Hall–Kier alpha value is -1.97. The average Bonchev–Trinajstić information content (AvgIpc) is 2.86. The standard InChI is InChI=1S/C17H20N3O2P/c1-22-15-7-8-16-17(13-15)23(21)19(10-9-18-16)11-12-20(23)14-5-3-2-4-6-14/h2-8,13,18H,9-12H2,1H3. The first-order valence-corrected chi connectivity index (χ1v) is 9.46. The molecule has 2 aliphatic rings. The smallest absolute Gasteiger partial charge is 0.271 e. The molecule has 0 spiro atoms. The van der Waals surface area contributed by atoms with Gasteiger partial charge in [0.15, 0.2) is 0 Å². The van der Waals surface area contributed by atoms with E-state index in [-0.39, 0.29) is 0 Å². The minimum absolute atomic E-state index is 0.738. The van der Waals surface area contributed by atoms with Crippen LogP contribution >= 0.6 is 7.44 Å². The summed E-state index contributed by atoms with van der Waals surface area (Å²) in [5.41, 5.74) is 1.95. The fraction of sp³-hybridized carbons (Fsp3) is 0.294. The molecule has 0 bridgehead atoms. The Morgan fingerprint density at radius 2 is 1.91 bits per heavy atom. The summed E-state index contributed by atoms with van der Waals surface area (Å²) < 4.78 is 23.8. The highest BCUT2D eigenvalue weighted by Crippen LogP contribution is 2.59. The largest absolute Gasteiger partial charge is 0.497 e. The molecular weight excluding hydrogens is 309 g/mol. The van der Waals surface area contributed by atoms with Crippen molar-refractivity contribution in [3.05, 3.63) is 48.5 Å². The fourth-order valence-corrected chi connectivity index (χ4v) is 6.57. The lowest BCUT2D eigenvalue weighted by molar-refractivity contribution is 0.415. The number of benzene rings is 2. The lowest BCUT2D eigenvalue weighted by Gasteiger charge is -2.31. The number of fused-ring (bicyclic) bond motifs is 3. The zero-order valence-electron chi connectivity index (χ0n) is 13.1. The van der Waals surface area contributed by atoms with Crippen LogP contribution in [-0.2, 0) is 4.57 Å². The molecule has 120 valence electrons. The zero-order valence-corrected chi connectivity index (χ0v) is 14.0. The molecule has 4 rings (SSSR count). The maximum absolute atomic E-state index is 14.2. The Labute approximate surface area is 136 Å². The molecule has 0 radical (unpaired) electrons. The van der Waals surface area contributed by atoms with Gasteiger partial charge < -0.3 is 14.7 Å². The molecule has 1 saturated heterocycles. The number of methoxy groups -OCH3 is 1. The third-order valence-electron chi connectivity index (χ3n) is 4.54. The summed E-state index contributed by atoms with van der Waals surface area (Å²) in [5, 5.41) is 4.25. The Morgan fingerprint density at radius 1 is 1.09 bits per heavy atom. The van der Waals surface area contributed by atoms with Crippen molar-refractivity contribution in [1.29, 1.82) is 0 Å². The summed E-state index contributed by atoms with van der Waals surface area (Å²) in [7, 11) is -1.21. The quantitative estimate of drug-likeness (QED) is 0.859. The van der Waals surface area contributed by atoms with E-state index < -0.39 is 7.44 Å². The van der Waals surface area contributed by atoms with Crippen LogP contribution in [0.5, 0.6) is 5.75 Å². The van der Waals surface area contributed by atoms with E-state index in [1.54, 1.807) is 7.11 Å². The predicted molar refractivity (Wildman–Crippen MR) is 94.1 cm³/mol. The molecule has 1 unspecified atom stereocenters. The van der Waals surface area contributed by atoms with Crippen LogP contribution in [0.1, 0.15) is 0 Å². The molecule has 1 fully saturated rings. The molecule has 2 aliphatic heterocycles. The fourth-order valence-electron chi connectivity index (χ4n) is 3.40. The van der Waals surface area contributed by atoms with Gasteiger partial charge in [0.2, 0.25) is 0 Å². The topological polar surface area (TPSA) is 44.8 Å². The van der Waals surface area contributed by atoms with E-state index in [4.69, 9.17) is 4.74 Å². The lowest BCUT2D eigenvalue weighted by atomic mass is 10.3. The Balaban J connectivity index is 1.89. The minimum Gasteiger partial charge on any atom is -0.497 e. The van der Waals surface area contributed by atoms with E-state index in [0.29, 0.717) is 0 Å². The van der Waals surface area contributed by atoms with Gasteiger partial charge in [0.05, 0.1) is 12.4 Å². The first-order valence-electron chi connectivity index (χ1n) is 7.84. The van der Waals surface area contributed by atoms with Crippen LogP contribution in [-0.4, -0.2) is 38.0 Å². The number of ether oxygens (including phenoxy) is 1. The van der Waals surface area contributed by atoms with Gasteiger partial charge in [-0.25, -0.2) is 4.67 Å². The predicted octanol–water partition coefficient (Wildman–Crippen LogP) is 2.76. The highest BCUT2D eigenvalue weighted by atomic mass is 31.2. The normalized spacial score (nSPS) is 23.6. The monoisotopic (exact) mass is 329 g/mol. The highest BCUT2D eigenvalue weighted by molar-refractivity contribution is 7.71. The van der Waals surface area contributed by atoms with Crippen molar-refractivity contribution in [2.24, 2.45) is 0 Å². The number of rotatable bonds is 2. The molecule has 2 heterocycles. The molecule has 0 saturated carbocycles. The summed E-state index contributed by atoms with van der Waals surface area (Å²) in [4.78, 5) is 0. The van der Waals surface area contributed by atoms with Gasteiger partial charge >= 0.3 is 0 Å². The Kier molecular flexibility index (Phi) is 3.55. The maximum Gasteiger partial charge on any atom is 0.271 e. The molecule has 1 atom stereocenters. The van der Waals surface area contributed by atoms with Gasteiger partial charge in [0.1, 0.15) is 5.75 Å². The minimum atomic E-state index is -2.86. The molecular formula is C17H20N3O2P. The van der Waals surface area contributed by atoms with Gasteiger partial charge in [-0.1, -0.05) is 18.2 Å². The van der Waals surface area contributed by atoms with E-state index in [9.17, 15) is 4.57 Å². The summed E-state index contributed by atoms with van der Waals surface area (Å²) in [5.74, 6) is 0.738. The molecule has 0 aromatic heterocycles. The number of hydrogen-bond acceptors (Lipinski definition) is 3. The van der Waals surface area contributed by atoms with Gasteiger partial charge in [0.25, 0.3) is 7.44 Å². The number of nitrogens with one attached hydrogen (secondary N) is 1. The van der Waals surface area contributed by atoms with Gasteiger partial charge in [0, 0.05) is 37.6 Å². The number of hydrogen-bond donors (Lipinski definition) is 1. The van der Waals surface area contributed by atoms with Crippen molar-refractivity contribution >= 4 is 24.1 Å². The second kappa shape index (κ2) is 5.59. The molecule has 2 aromatic carbocycles. The van der Waals surface area contributed by atoms with Crippen LogP contribution in [0, 0.1) is 0 Å². The van der Waals surface area contributed by atoms with Crippen molar-refractivity contribution < 1.29 is 9.30 Å². The van der Waals surface area contributed by atoms with E-state index in [1.807, 2.05) is 48.5 Å². The van der Waals surface area contributed by atoms with E-state index >= 15 is 0 Å². The number of nitrogens with zero attached hydrogens (tertiary/aromatic N) is 2.